The van der Waals surface area contributed by atoms with Gasteiger partial charge in [0.2, 0.25) is 0 Å². The number of hydrogen-bond donors (Lipinski definition) is 2. The first-order valence-corrected chi connectivity index (χ1v) is 5.60. The fourth-order valence-electron chi connectivity index (χ4n) is 0.454. The number of nitrogens with one attached hydrogen (secondary N) is 1. The summed E-state index contributed by atoms with van der Waals surface area (Å²) in [5, 5.41) is 6.80. The van der Waals surface area contributed by atoms with E-state index in [1.165, 1.54) is 11.3 Å². The summed E-state index contributed by atoms with van der Waals surface area (Å²) in [4.78, 5) is 0. The molecule has 1 heterocycles. The van der Waals surface area contributed by atoms with Gasteiger partial charge in [-0.3, -0.25) is 0 Å². The van der Waals surface area contributed by atoms with Gasteiger partial charge in [-0.25, -0.2) is 14.1 Å². The molecule has 0 aliphatic rings. The zero-order valence-electron chi connectivity index (χ0n) is 4.83. The maximum absolute atomic E-state index is 10.8. The van der Waals surface area contributed by atoms with Crippen molar-refractivity contribution in [1.29, 1.82) is 4.78 Å². The van der Waals surface area contributed by atoms with Crippen molar-refractivity contribution in [3.63, 3.8) is 0 Å². The van der Waals surface area contributed by atoms with Gasteiger partial charge in [-0.2, -0.15) is 0 Å². The van der Waals surface area contributed by atoms with Crippen LogP contribution >= 0.6 is 27.3 Å². The monoisotopic (exact) mass is 240 g/mol. The molecule has 3 nitrogen and oxygen atoms in total. The number of hydrogen-bond acceptors (Lipinski definition) is 3. The molecule has 0 saturated carbocycles. The molecule has 0 aliphatic heterocycles. The van der Waals surface area contributed by atoms with Crippen LogP contribution in [-0.2, 0) is 9.92 Å². The zero-order chi connectivity index (χ0) is 7.78. The fourth-order valence-corrected chi connectivity index (χ4v) is 2.78. The van der Waals surface area contributed by atoms with Crippen LogP contribution in [0, 0.1) is 4.78 Å². The fraction of sp³-hybridized carbons (Fsp3) is 0. The highest BCUT2D eigenvalue weighted by Crippen LogP contribution is 2.22. The lowest BCUT2D eigenvalue weighted by Crippen LogP contribution is -2.07. The smallest absolute Gasteiger partial charge is 0.141 e. The Morgan fingerprint density at radius 2 is 2.40 bits per heavy atom. The first-order valence-electron chi connectivity index (χ1n) is 2.31. The predicted molar refractivity (Wildman–Crippen MR) is 45.3 cm³/mol. The van der Waals surface area contributed by atoms with Crippen molar-refractivity contribution in [3.05, 3.63) is 15.9 Å². The van der Waals surface area contributed by atoms with E-state index in [-0.39, 0.29) is 0 Å². The standard InChI is InChI=1S/C4H5BrN2OS2/c5-3-1-4(9-2-3)10(6,7)8/h1-2H,(H3,6,7,8). The first-order chi connectivity index (χ1) is 4.50. The molecule has 1 atom stereocenters. The Kier molecular flexibility index (Phi) is 2.14. The average molecular weight is 241 g/mol. The van der Waals surface area contributed by atoms with Crippen LogP contribution < -0.4 is 5.14 Å². The second kappa shape index (κ2) is 2.61. The van der Waals surface area contributed by atoms with Crippen molar-refractivity contribution < 1.29 is 4.21 Å². The minimum Gasteiger partial charge on any atom is -0.241 e. The average Bonchev–Trinajstić information content (AvgIpc) is 2.11. The highest BCUT2D eigenvalue weighted by atomic mass is 79.9. The van der Waals surface area contributed by atoms with Crippen LogP contribution in [-0.4, -0.2) is 4.21 Å². The topological polar surface area (TPSA) is 66.9 Å². The van der Waals surface area contributed by atoms with E-state index in [2.05, 4.69) is 15.9 Å². The third-order valence-corrected chi connectivity index (χ3v) is 4.07. The Morgan fingerprint density at radius 3 is 2.60 bits per heavy atom. The molecule has 1 aromatic rings. The molecule has 6 heteroatoms. The lowest BCUT2D eigenvalue weighted by Gasteiger charge is -1.91. The number of nitrogens with two attached hydrogens (primary N) is 1. The molecule has 0 saturated heterocycles. The molecule has 0 aromatic carbocycles. The van der Waals surface area contributed by atoms with Crippen molar-refractivity contribution in [2.75, 3.05) is 0 Å². The molecule has 0 radical (unpaired) electrons. The van der Waals surface area contributed by atoms with Crippen molar-refractivity contribution >= 4 is 37.2 Å². The van der Waals surface area contributed by atoms with Crippen LogP contribution in [0.2, 0.25) is 0 Å². The largest absolute Gasteiger partial charge is 0.241 e. The molecule has 3 N–H and O–H groups in total. The zero-order valence-corrected chi connectivity index (χ0v) is 8.05. The van der Waals surface area contributed by atoms with E-state index in [0.29, 0.717) is 4.21 Å². The van der Waals surface area contributed by atoms with Gasteiger partial charge in [0.25, 0.3) is 0 Å². The highest BCUT2D eigenvalue weighted by Gasteiger charge is 2.05. The Hall–Kier alpha value is 0.0900. The summed E-state index contributed by atoms with van der Waals surface area (Å²) in [5.74, 6) is 0. The van der Waals surface area contributed by atoms with Gasteiger partial charge >= 0.3 is 0 Å². The van der Waals surface area contributed by atoms with E-state index in [0.717, 1.165) is 4.47 Å². The summed E-state index contributed by atoms with van der Waals surface area (Å²) < 4.78 is 19.0. The molecular weight excluding hydrogens is 236 g/mol. The van der Waals surface area contributed by atoms with E-state index in [9.17, 15) is 4.21 Å². The predicted octanol–water partition coefficient (Wildman–Crippen LogP) is 1.79. The normalized spacial score (nSPS) is 16.6. The Balaban J connectivity index is 3.21. The number of halogens is 1. The minimum absolute atomic E-state index is 0.402. The number of rotatable bonds is 1. The van der Waals surface area contributed by atoms with Crippen molar-refractivity contribution in [2.45, 2.75) is 4.21 Å². The summed E-state index contributed by atoms with van der Waals surface area (Å²) in [6.07, 6.45) is 0. The van der Waals surface area contributed by atoms with E-state index < -0.39 is 9.92 Å². The summed E-state index contributed by atoms with van der Waals surface area (Å²) in [6, 6.07) is 1.60. The van der Waals surface area contributed by atoms with Crippen LogP contribution in [0.1, 0.15) is 0 Å². The summed E-state index contributed by atoms with van der Waals surface area (Å²) >= 11 is 4.39. The van der Waals surface area contributed by atoms with Gasteiger partial charge in [0.15, 0.2) is 0 Å². The molecule has 0 bridgehead atoms. The lowest BCUT2D eigenvalue weighted by atomic mass is 10.7. The maximum Gasteiger partial charge on any atom is 0.141 e. The lowest BCUT2D eigenvalue weighted by molar-refractivity contribution is 0.677. The number of thiophene rings is 1. The van der Waals surface area contributed by atoms with Crippen LogP contribution in [0.25, 0.3) is 0 Å². The van der Waals surface area contributed by atoms with Gasteiger partial charge in [-0.05, 0) is 22.0 Å². The second-order valence-corrected chi connectivity index (χ2v) is 5.41. The van der Waals surface area contributed by atoms with Gasteiger partial charge < -0.3 is 0 Å². The van der Waals surface area contributed by atoms with Gasteiger partial charge in [-0.15, -0.1) is 11.3 Å². The van der Waals surface area contributed by atoms with Gasteiger partial charge in [-0.1, -0.05) is 0 Å². The molecule has 0 aliphatic carbocycles. The Bertz CT molecular complexity index is 329. The highest BCUT2D eigenvalue weighted by molar-refractivity contribution is 9.10. The van der Waals surface area contributed by atoms with Crippen LogP contribution in [0.5, 0.6) is 0 Å². The van der Waals surface area contributed by atoms with E-state index >= 15 is 0 Å². The summed E-state index contributed by atoms with van der Waals surface area (Å²) in [5.41, 5.74) is 0. The molecule has 56 valence electrons. The molecule has 0 spiro atoms. The molecular formula is C4H5BrN2OS2. The van der Waals surface area contributed by atoms with Crippen LogP contribution in [0.15, 0.2) is 20.1 Å². The van der Waals surface area contributed by atoms with Crippen molar-refractivity contribution in [1.82, 2.24) is 0 Å². The maximum atomic E-state index is 10.8. The molecule has 10 heavy (non-hydrogen) atoms. The molecule has 1 unspecified atom stereocenters. The first kappa shape index (κ1) is 8.19. The summed E-state index contributed by atoms with van der Waals surface area (Å²) in [6.45, 7) is 0. The van der Waals surface area contributed by atoms with Gasteiger partial charge in [0, 0.05) is 9.85 Å². The molecule has 0 amide bonds. The Morgan fingerprint density at radius 1 is 1.80 bits per heavy atom. The van der Waals surface area contributed by atoms with E-state index in [4.69, 9.17) is 9.92 Å². The van der Waals surface area contributed by atoms with E-state index in [1.807, 2.05) is 0 Å². The second-order valence-electron chi connectivity index (χ2n) is 1.68. The summed E-state index contributed by atoms with van der Waals surface area (Å²) in [7, 11) is -2.99. The van der Waals surface area contributed by atoms with Crippen LogP contribution in [0.4, 0.5) is 0 Å². The molecule has 1 aromatic heterocycles. The third kappa shape index (κ3) is 1.79. The van der Waals surface area contributed by atoms with Crippen LogP contribution in [0.3, 0.4) is 0 Å². The quantitative estimate of drug-likeness (QED) is 0.773. The van der Waals surface area contributed by atoms with E-state index in [1.54, 1.807) is 11.4 Å². The minimum atomic E-state index is -2.99. The van der Waals surface area contributed by atoms with Gasteiger partial charge in [0.05, 0.1) is 0 Å². The molecule has 1 rings (SSSR count). The molecule has 0 fully saturated rings. The van der Waals surface area contributed by atoms with Crippen molar-refractivity contribution in [3.8, 4) is 0 Å². The third-order valence-electron chi connectivity index (χ3n) is 0.842. The van der Waals surface area contributed by atoms with Gasteiger partial charge in [0.1, 0.15) is 14.1 Å². The SMILES string of the molecule is N=S(N)(=O)c1cc(Br)cs1. The Labute approximate surface area is 71.5 Å². The van der Waals surface area contributed by atoms with Crippen molar-refractivity contribution in [2.24, 2.45) is 5.14 Å².